The summed E-state index contributed by atoms with van der Waals surface area (Å²) >= 11 is 1.56. The van der Waals surface area contributed by atoms with Gasteiger partial charge >= 0.3 is 0 Å². The van der Waals surface area contributed by atoms with E-state index in [9.17, 15) is 10.1 Å². The summed E-state index contributed by atoms with van der Waals surface area (Å²) in [6.45, 7) is 8.23. The van der Waals surface area contributed by atoms with Crippen molar-refractivity contribution in [2.75, 3.05) is 5.32 Å². The van der Waals surface area contributed by atoms with E-state index in [1.807, 2.05) is 39.0 Å². The number of hydrogen-bond donors (Lipinski definition) is 1. The van der Waals surface area contributed by atoms with Crippen LogP contribution in [0.15, 0.2) is 18.2 Å². The van der Waals surface area contributed by atoms with Gasteiger partial charge in [-0.1, -0.05) is 26.3 Å². The third-order valence-electron chi connectivity index (χ3n) is 5.71. The van der Waals surface area contributed by atoms with Crippen LogP contribution in [0.3, 0.4) is 0 Å². The fourth-order valence-corrected chi connectivity index (χ4v) is 4.99. The molecular weight excluding hydrogens is 368 g/mol. The Morgan fingerprint density at radius 1 is 1.36 bits per heavy atom. The highest BCUT2D eigenvalue weighted by Crippen LogP contribution is 2.40. The van der Waals surface area contributed by atoms with Gasteiger partial charge in [-0.15, -0.1) is 11.3 Å². The van der Waals surface area contributed by atoms with Crippen LogP contribution in [0.5, 0.6) is 5.75 Å². The molecule has 4 nitrogen and oxygen atoms in total. The van der Waals surface area contributed by atoms with Crippen LogP contribution in [0.25, 0.3) is 0 Å². The summed E-state index contributed by atoms with van der Waals surface area (Å²) in [6, 6.07) is 8.17. The SMILES string of the molecule is CC[C@H]1CCc2c(sc(NC(=O)[C@@H](CC)Oc3ccc(C)c(C)c3)c2C#N)C1. The first-order valence-corrected chi connectivity index (χ1v) is 10.9. The Labute approximate surface area is 171 Å². The van der Waals surface area contributed by atoms with Crippen molar-refractivity contribution in [1.82, 2.24) is 0 Å². The predicted molar refractivity (Wildman–Crippen MR) is 114 cm³/mol. The van der Waals surface area contributed by atoms with E-state index in [1.54, 1.807) is 11.3 Å². The molecule has 1 aliphatic carbocycles. The van der Waals surface area contributed by atoms with Gasteiger partial charge in [0.25, 0.3) is 5.91 Å². The van der Waals surface area contributed by atoms with Crippen LogP contribution < -0.4 is 10.1 Å². The highest BCUT2D eigenvalue weighted by Gasteiger charge is 2.27. The van der Waals surface area contributed by atoms with Crippen molar-refractivity contribution in [2.24, 2.45) is 5.92 Å². The molecule has 0 bridgehead atoms. The van der Waals surface area contributed by atoms with Gasteiger partial charge in [0.15, 0.2) is 6.10 Å². The Morgan fingerprint density at radius 2 is 2.14 bits per heavy atom. The lowest BCUT2D eigenvalue weighted by Gasteiger charge is -2.20. The second kappa shape index (κ2) is 8.79. The maximum atomic E-state index is 12.9. The molecule has 1 amide bonds. The van der Waals surface area contributed by atoms with E-state index < -0.39 is 6.10 Å². The lowest BCUT2D eigenvalue weighted by atomic mass is 9.86. The molecule has 1 heterocycles. The van der Waals surface area contributed by atoms with Gasteiger partial charge in [-0.25, -0.2) is 0 Å². The van der Waals surface area contributed by atoms with Crippen molar-refractivity contribution >= 4 is 22.2 Å². The molecule has 2 aromatic rings. The second-order valence-electron chi connectivity index (χ2n) is 7.59. The molecule has 148 valence electrons. The van der Waals surface area contributed by atoms with Crippen molar-refractivity contribution in [3.8, 4) is 11.8 Å². The minimum Gasteiger partial charge on any atom is -0.481 e. The third-order valence-corrected chi connectivity index (χ3v) is 6.88. The normalized spacial score (nSPS) is 16.8. The van der Waals surface area contributed by atoms with Crippen LogP contribution in [0.2, 0.25) is 0 Å². The quantitative estimate of drug-likeness (QED) is 0.696. The van der Waals surface area contributed by atoms with E-state index in [4.69, 9.17) is 4.74 Å². The minimum absolute atomic E-state index is 0.192. The predicted octanol–water partition coefficient (Wildman–Crippen LogP) is 5.55. The number of rotatable bonds is 6. The van der Waals surface area contributed by atoms with Gasteiger partial charge in [0.05, 0.1) is 5.56 Å². The third kappa shape index (κ3) is 4.23. The van der Waals surface area contributed by atoms with E-state index >= 15 is 0 Å². The average molecular weight is 397 g/mol. The fourth-order valence-electron chi connectivity index (χ4n) is 3.68. The van der Waals surface area contributed by atoms with Crippen LogP contribution in [-0.2, 0) is 17.6 Å². The summed E-state index contributed by atoms with van der Waals surface area (Å²) in [7, 11) is 0. The van der Waals surface area contributed by atoms with Crippen molar-refractivity contribution in [1.29, 1.82) is 5.26 Å². The number of aryl methyl sites for hydroxylation is 2. The summed E-state index contributed by atoms with van der Waals surface area (Å²) < 4.78 is 5.95. The van der Waals surface area contributed by atoms with Gasteiger partial charge in [-0.3, -0.25) is 4.79 Å². The standard InChI is InChI=1S/C23H28N2O2S/c1-5-16-8-10-18-19(13-24)23(28-21(18)12-16)25-22(26)20(6-2)27-17-9-7-14(3)15(4)11-17/h7,9,11,16,20H,5-6,8,10,12H2,1-4H3,(H,25,26)/t16-,20+/m0/s1. The fraction of sp³-hybridized carbons (Fsp3) is 0.478. The Morgan fingerprint density at radius 3 is 2.79 bits per heavy atom. The van der Waals surface area contributed by atoms with Crippen LogP contribution in [0.4, 0.5) is 5.00 Å². The maximum absolute atomic E-state index is 12.9. The highest BCUT2D eigenvalue weighted by molar-refractivity contribution is 7.16. The molecule has 1 aromatic heterocycles. The van der Waals surface area contributed by atoms with Crippen LogP contribution in [0, 0.1) is 31.1 Å². The van der Waals surface area contributed by atoms with Gasteiger partial charge in [0.1, 0.15) is 16.8 Å². The van der Waals surface area contributed by atoms with Crippen LogP contribution in [0.1, 0.15) is 60.2 Å². The first-order valence-electron chi connectivity index (χ1n) is 10.1. The number of hydrogen-bond acceptors (Lipinski definition) is 4. The molecule has 2 atom stereocenters. The second-order valence-corrected chi connectivity index (χ2v) is 8.69. The molecule has 1 N–H and O–H groups in total. The number of carbonyl (C=O) groups excluding carboxylic acids is 1. The smallest absolute Gasteiger partial charge is 0.266 e. The number of thiophene rings is 1. The summed E-state index contributed by atoms with van der Waals surface area (Å²) in [5, 5.41) is 13.3. The Hall–Kier alpha value is -2.32. The monoisotopic (exact) mass is 396 g/mol. The first-order chi connectivity index (χ1) is 13.5. The van der Waals surface area contributed by atoms with Gasteiger partial charge in [-0.05, 0) is 74.3 Å². The molecule has 5 heteroatoms. The average Bonchev–Trinajstić information content (AvgIpc) is 3.04. The van der Waals surface area contributed by atoms with E-state index in [-0.39, 0.29) is 5.91 Å². The number of nitriles is 1. The maximum Gasteiger partial charge on any atom is 0.266 e. The van der Waals surface area contributed by atoms with Crippen molar-refractivity contribution in [3.63, 3.8) is 0 Å². The highest BCUT2D eigenvalue weighted by atomic mass is 32.1. The van der Waals surface area contributed by atoms with E-state index in [1.165, 1.54) is 10.4 Å². The summed E-state index contributed by atoms with van der Waals surface area (Å²) in [5.41, 5.74) is 4.11. The molecule has 0 radical (unpaired) electrons. The zero-order chi connectivity index (χ0) is 20.3. The minimum atomic E-state index is -0.587. The molecule has 0 saturated carbocycles. The Kier molecular flexibility index (Phi) is 6.41. The van der Waals surface area contributed by atoms with E-state index in [0.29, 0.717) is 28.7 Å². The van der Waals surface area contributed by atoms with Crippen molar-refractivity contribution in [3.05, 3.63) is 45.3 Å². The lowest BCUT2D eigenvalue weighted by molar-refractivity contribution is -0.122. The number of carbonyl (C=O) groups is 1. The van der Waals surface area contributed by atoms with Gasteiger partial charge < -0.3 is 10.1 Å². The zero-order valence-corrected chi connectivity index (χ0v) is 17.9. The summed E-state index contributed by atoms with van der Waals surface area (Å²) in [6.07, 6.45) is 4.19. The molecule has 0 fully saturated rings. The van der Waals surface area contributed by atoms with Gasteiger partial charge in [-0.2, -0.15) is 5.26 Å². The number of nitrogens with one attached hydrogen (secondary N) is 1. The number of amides is 1. The Bertz CT molecular complexity index is 910. The topological polar surface area (TPSA) is 62.1 Å². The number of ether oxygens (including phenoxy) is 1. The Balaban J connectivity index is 1.76. The first kappa shape index (κ1) is 20.4. The molecule has 28 heavy (non-hydrogen) atoms. The molecule has 0 saturated heterocycles. The molecule has 0 aliphatic heterocycles. The van der Waals surface area contributed by atoms with Gasteiger partial charge in [0, 0.05) is 4.88 Å². The van der Waals surface area contributed by atoms with Crippen molar-refractivity contribution < 1.29 is 9.53 Å². The van der Waals surface area contributed by atoms with E-state index in [2.05, 4.69) is 18.3 Å². The number of fused-ring (bicyclic) bond motifs is 1. The summed E-state index contributed by atoms with van der Waals surface area (Å²) in [5.74, 6) is 1.18. The zero-order valence-electron chi connectivity index (χ0n) is 17.1. The molecule has 1 aliphatic rings. The lowest BCUT2D eigenvalue weighted by Crippen LogP contribution is -2.32. The van der Waals surface area contributed by atoms with Crippen molar-refractivity contribution in [2.45, 2.75) is 65.9 Å². The van der Waals surface area contributed by atoms with E-state index in [0.717, 1.165) is 36.8 Å². The number of benzene rings is 1. The molecule has 0 unspecified atom stereocenters. The molecule has 1 aromatic carbocycles. The summed E-state index contributed by atoms with van der Waals surface area (Å²) in [4.78, 5) is 14.1. The van der Waals surface area contributed by atoms with Crippen LogP contribution in [-0.4, -0.2) is 12.0 Å². The molecule has 3 rings (SSSR count). The van der Waals surface area contributed by atoms with Gasteiger partial charge in [0.2, 0.25) is 0 Å². The van der Waals surface area contributed by atoms with Crippen LogP contribution >= 0.6 is 11.3 Å². The number of anilines is 1. The molecular formula is C23H28N2O2S. The largest absolute Gasteiger partial charge is 0.481 e. The molecule has 0 spiro atoms. The number of nitrogens with zero attached hydrogens (tertiary/aromatic N) is 1.